The largest absolute Gasteiger partial charge is 0.354 e. The van der Waals surface area contributed by atoms with Gasteiger partial charge in [0.2, 0.25) is 5.91 Å². The van der Waals surface area contributed by atoms with E-state index in [9.17, 15) is 4.79 Å². The Morgan fingerprint density at radius 1 is 1.52 bits per heavy atom. The minimum atomic E-state index is -0.0360. The van der Waals surface area contributed by atoms with Gasteiger partial charge in [0.05, 0.1) is 17.0 Å². The number of hydrogen-bond acceptors (Lipinski definition) is 3. The van der Waals surface area contributed by atoms with Crippen LogP contribution < -0.4 is 5.32 Å². The lowest BCUT2D eigenvalue weighted by Crippen LogP contribution is -2.34. The zero-order chi connectivity index (χ0) is 14.9. The molecule has 1 aliphatic carbocycles. The molecule has 112 valence electrons. The molecule has 6 nitrogen and oxygen atoms in total. The van der Waals surface area contributed by atoms with Crippen LogP contribution in [0, 0.1) is 12.3 Å². The fourth-order valence-electron chi connectivity index (χ4n) is 2.40. The van der Waals surface area contributed by atoms with Gasteiger partial charge in [-0.15, -0.1) is 0 Å². The number of amides is 1. The van der Waals surface area contributed by atoms with Gasteiger partial charge >= 0.3 is 0 Å². The van der Waals surface area contributed by atoms with Gasteiger partial charge in [0, 0.05) is 37.1 Å². The summed E-state index contributed by atoms with van der Waals surface area (Å²) in [5, 5.41) is 7.77. The summed E-state index contributed by atoms with van der Waals surface area (Å²) in [6.45, 7) is 3.62. The monoisotopic (exact) mass is 307 g/mol. The summed E-state index contributed by atoms with van der Waals surface area (Å²) in [5.41, 5.74) is 0.928. The van der Waals surface area contributed by atoms with E-state index >= 15 is 0 Å². The number of carbonyl (C=O) groups is 1. The lowest BCUT2D eigenvalue weighted by molar-refractivity contribution is -0.122. The third kappa shape index (κ3) is 3.44. The lowest BCUT2D eigenvalue weighted by atomic mass is 10.1. The third-order valence-corrected chi connectivity index (χ3v) is 4.26. The molecule has 1 amide bonds. The van der Waals surface area contributed by atoms with Gasteiger partial charge < -0.3 is 9.88 Å². The molecule has 1 aliphatic rings. The number of nitrogens with zero attached hydrogens (tertiary/aromatic N) is 4. The van der Waals surface area contributed by atoms with Crippen molar-refractivity contribution < 1.29 is 4.79 Å². The average Bonchev–Trinajstić information content (AvgIpc) is 2.85. The van der Waals surface area contributed by atoms with Crippen molar-refractivity contribution >= 4 is 17.5 Å². The Balaban J connectivity index is 1.49. The number of halogens is 1. The summed E-state index contributed by atoms with van der Waals surface area (Å²) in [6.07, 6.45) is 9.50. The molecule has 7 heteroatoms. The molecule has 2 aromatic heterocycles. The van der Waals surface area contributed by atoms with Crippen LogP contribution in [0.2, 0.25) is 5.02 Å². The van der Waals surface area contributed by atoms with Crippen LogP contribution in [0.3, 0.4) is 0 Å². The van der Waals surface area contributed by atoms with E-state index in [1.165, 1.54) is 0 Å². The van der Waals surface area contributed by atoms with E-state index in [4.69, 9.17) is 11.6 Å². The first kappa shape index (κ1) is 14.1. The highest BCUT2D eigenvalue weighted by Gasteiger charge is 2.42. The molecular formula is C14H18ClN5O. The first-order valence-electron chi connectivity index (χ1n) is 6.98. The summed E-state index contributed by atoms with van der Waals surface area (Å²) < 4.78 is 3.64. The van der Waals surface area contributed by atoms with Gasteiger partial charge in [-0.05, 0) is 19.8 Å². The molecule has 3 rings (SSSR count). The van der Waals surface area contributed by atoms with Gasteiger partial charge in [0.25, 0.3) is 0 Å². The number of aromatic nitrogens is 4. The van der Waals surface area contributed by atoms with Crippen LogP contribution in [0.4, 0.5) is 0 Å². The highest BCUT2D eigenvalue weighted by atomic mass is 35.5. The second kappa shape index (κ2) is 5.52. The molecule has 0 saturated heterocycles. The smallest absolute Gasteiger partial charge is 0.241 e. The van der Waals surface area contributed by atoms with Crippen molar-refractivity contribution in [1.82, 2.24) is 24.6 Å². The average molecular weight is 308 g/mol. The van der Waals surface area contributed by atoms with Crippen molar-refractivity contribution in [3.63, 3.8) is 0 Å². The highest BCUT2D eigenvalue weighted by molar-refractivity contribution is 6.31. The quantitative estimate of drug-likeness (QED) is 0.882. The standard InChI is InChI=1S/C14H18ClN5O/c1-11-12(15)6-20(18-11)7-13(21)17-8-14(2-3-14)9-19-5-4-16-10-19/h4-6,10H,2-3,7-9H2,1H3,(H,17,21). The van der Waals surface area contributed by atoms with Gasteiger partial charge in [0.1, 0.15) is 6.54 Å². The van der Waals surface area contributed by atoms with Gasteiger partial charge in [0.15, 0.2) is 0 Å². The second-order valence-electron chi connectivity index (χ2n) is 5.77. The van der Waals surface area contributed by atoms with Gasteiger partial charge in [-0.25, -0.2) is 4.98 Å². The van der Waals surface area contributed by atoms with E-state index in [1.807, 2.05) is 19.4 Å². The first-order valence-corrected chi connectivity index (χ1v) is 7.36. The molecule has 0 aliphatic heterocycles. The Morgan fingerprint density at radius 2 is 2.33 bits per heavy atom. The zero-order valence-corrected chi connectivity index (χ0v) is 12.7. The Labute approximate surface area is 128 Å². The van der Waals surface area contributed by atoms with E-state index in [0.29, 0.717) is 11.6 Å². The lowest BCUT2D eigenvalue weighted by Gasteiger charge is -2.16. The topological polar surface area (TPSA) is 64.7 Å². The van der Waals surface area contributed by atoms with E-state index in [2.05, 4.69) is 20.0 Å². The van der Waals surface area contributed by atoms with Crippen LogP contribution in [0.5, 0.6) is 0 Å². The van der Waals surface area contributed by atoms with E-state index in [-0.39, 0.29) is 17.9 Å². The van der Waals surface area contributed by atoms with Crippen LogP contribution in [0.1, 0.15) is 18.5 Å². The predicted octanol–water partition coefficient (Wildman–Crippen LogP) is 1.64. The molecule has 21 heavy (non-hydrogen) atoms. The molecule has 0 spiro atoms. The van der Waals surface area contributed by atoms with E-state index < -0.39 is 0 Å². The molecule has 2 heterocycles. The molecule has 0 aromatic carbocycles. The summed E-state index contributed by atoms with van der Waals surface area (Å²) in [7, 11) is 0. The normalized spacial score (nSPS) is 15.9. The molecule has 0 unspecified atom stereocenters. The predicted molar refractivity (Wildman–Crippen MR) is 78.9 cm³/mol. The maximum atomic E-state index is 12.0. The summed E-state index contributed by atoms with van der Waals surface area (Å²) in [4.78, 5) is 16.0. The number of rotatable bonds is 6. The molecule has 2 aromatic rings. The molecule has 0 radical (unpaired) electrons. The molecule has 1 saturated carbocycles. The fraction of sp³-hybridized carbons (Fsp3) is 0.500. The summed E-state index contributed by atoms with van der Waals surface area (Å²) in [5.74, 6) is -0.0360. The van der Waals surface area contributed by atoms with Crippen molar-refractivity contribution in [2.75, 3.05) is 6.54 Å². The van der Waals surface area contributed by atoms with Gasteiger partial charge in [-0.3, -0.25) is 9.48 Å². The number of nitrogens with one attached hydrogen (secondary N) is 1. The maximum absolute atomic E-state index is 12.0. The van der Waals surface area contributed by atoms with Gasteiger partial charge in [-0.1, -0.05) is 11.6 Å². The Kier molecular flexibility index (Phi) is 3.71. The van der Waals surface area contributed by atoms with Crippen molar-refractivity contribution in [3.8, 4) is 0 Å². The summed E-state index contributed by atoms with van der Waals surface area (Å²) >= 11 is 5.93. The number of hydrogen-bond donors (Lipinski definition) is 1. The van der Waals surface area contributed by atoms with Crippen LogP contribution in [0.25, 0.3) is 0 Å². The third-order valence-electron chi connectivity index (χ3n) is 3.89. The van der Waals surface area contributed by atoms with Crippen molar-refractivity contribution in [3.05, 3.63) is 35.6 Å². The number of imidazole rings is 1. The molecular weight excluding hydrogens is 290 g/mol. The minimum Gasteiger partial charge on any atom is -0.354 e. The minimum absolute atomic E-state index is 0.0360. The molecule has 1 fully saturated rings. The fourth-order valence-corrected chi connectivity index (χ4v) is 2.55. The van der Waals surface area contributed by atoms with Crippen LogP contribution in [-0.4, -0.2) is 31.8 Å². The first-order chi connectivity index (χ1) is 10.1. The Hall–Kier alpha value is -1.82. The van der Waals surface area contributed by atoms with Crippen molar-refractivity contribution in [2.45, 2.75) is 32.9 Å². The zero-order valence-electron chi connectivity index (χ0n) is 11.9. The van der Waals surface area contributed by atoms with Crippen LogP contribution >= 0.6 is 11.6 Å². The number of aryl methyl sites for hydroxylation is 1. The second-order valence-corrected chi connectivity index (χ2v) is 6.18. The molecule has 1 N–H and O–H groups in total. The molecule has 0 bridgehead atoms. The number of carbonyl (C=O) groups excluding carboxylic acids is 1. The summed E-state index contributed by atoms with van der Waals surface area (Å²) in [6, 6.07) is 0. The highest BCUT2D eigenvalue weighted by Crippen LogP contribution is 2.46. The van der Waals surface area contributed by atoms with E-state index in [0.717, 1.165) is 25.1 Å². The maximum Gasteiger partial charge on any atom is 0.241 e. The van der Waals surface area contributed by atoms with Crippen molar-refractivity contribution in [2.24, 2.45) is 5.41 Å². The Morgan fingerprint density at radius 3 is 2.90 bits per heavy atom. The van der Waals surface area contributed by atoms with Crippen LogP contribution in [-0.2, 0) is 17.9 Å². The SMILES string of the molecule is Cc1nn(CC(=O)NCC2(Cn3ccnc3)CC2)cc1Cl. The van der Waals surface area contributed by atoms with Gasteiger partial charge in [-0.2, -0.15) is 5.10 Å². The Bertz CT molecular complexity index is 610. The van der Waals surface area contributed by atoms with E-state index in [1.54, 1.807) is 17.1 Å². The van der Waals surface area contributed by atoms with Crippen molar-refractivity contribution in [1.29, 1.82) is 0 Å². The molecule has 0 atom stereocenters. The van der Waals surface area contributed by atoms with Crippen LogP contribution in [0.15, 0.2) is 24.9 Å².